The van der Waals surface area contributed by atoms with Crippen molar-refractivity contribution < 1.29 is 33.5 Å². The Bertz CT molecular complexity index is 319. The van der Waals surface area contributed by atoms with Gasteiger partial charge in [-0.25, -0.2) is 4.39 Å². The Hall–Kier alpha value is -1.03. The molecule has 0 saturated heterocycles. The first kappa shape index (κ1) is 15.4. The Morgan fingerprint density at radius 2 is 2.14 bits per heavy atom. The van der Waals surface area contributed by atoms with Gasteiger partial charge < -0.3 is 12.2 Å². The van der Waals surface area contributed by atoms with Crippen molar-refractivity contribution in [1.29, 1.82) is 0 Å². The van der Waals surface area contributed by atoms with Gasteiger partial charge in [-0.15, -0.1) is 12.1 Å². The SMILES string of the molecule is COc1ccc(F)[c-]c1[N+](=O)[O-].[CH3-].[Zn+2]. The molecule has 0 aliphatic heterocycles. The summed E-state index contributed by atoms with van der Waals surface area (Å²) in [6.07, 6.45) is 0. The minimum absolute atomic E-state index is 0. The molecule has 1 aromatic rings. The van der Waals surface area contributed by atoms with E-state index in [1.807, 2.05) is 6.07 Å². The van der Waals surface area contributed by atoms with E-state index in [1.165, 1.54) is 13.2 Å². The number of hydrogen-bond acceptors (Lipinski definition) is 3. The van der Waals surface area contributed by atoms with E-state index in [2.05, 4.69) is 4.74 Å². The van der Waals surface area contributed by atoms with Crippen LogP contribution in [0.2, 0.25) is 0 Å². The maximum absolute atomic E-state index is 12.4. The summed E-state index contributed by atoms with van der Waals surface area (Å²) in [6, 6.07) is 4.17. The number of nitro groups is 1. The van der Waals surface area contributed by atoms with E-state index in [-0.39, 0.29) is 32.7 Å². The van der Waals surface area contributed by atoms with E-state index < -0.39 is 16.4 Å². The Kier molecular flexibility index (Phi) is 7.09. The molecule has 0 radical (unpaired) electrons. The smallest absolute Gasteiger partial charge is 0.547 e. The maximum atomic E-state index is 12.4. The normalized spacial score (nSPS) is 8.14. The summed E-state index contributed by atoms with van der Waals surface area (Å²) in [5.74, 6) is -0.774. The Morgan fingerprint density at radius 3 is 2.57 bits per heavy atom. The fraction of sp³-hybridized carbons (Fsp3) is 0.125. The summed E-state index contributed by atoms with van der Waals surface area (Å²) < 4.78 is 17.1. The monoisotopic (exact) mass is 249 g/mol. The second kappa shape index (κ2) is 6.43. The van der Waals surface area contributed by atoms with Crippen molar-refractivity contribution in [3.63, 3.8) is 0 Å². The summed E-state index contributed by atoms with van der Waals surface area (Å²) in [7, 11) is 1.27. The minimum Gasteiger partial charge on any atom is -0.547 e. The van der Waals surface area contributed by atoms with Crippen molar-refractivity contribution in [1.82, 2.24) is 0 Å². The third-order valence-corrected chi connectivity index (χ3v) is 1.25. The Balaban J connectivity index is 0. The topological polar surface area (TPSA) is 52.4 Å². The zero-order chi connectivity index (χ0) is 9.14. The first-order chi connectivity index (χ1) is 5.65. The third-order valence-electron chi connectivity index (χ3n) is 1.25. The number of rotatable bonds is 2. The Labute approximate surface area is 94.0 Å². The predicted molar refractivity (Wildman–Crippen MR) is 44.9 cm³/mol. The van der Waals surface area contributed by atoms with Crippen molar-refractivity contribution in [3.8, 4) is 5.75 Å². The van der Waals surface area contributed by atoms with Crippen LogP contribution in [0.5, 0.6) is 5.75 Å². The van der Waals surface area contributed by atoms with Crippen LogP contribution in [0.25, 0.3) is 0 Å². The molecule has 0 spiro atoms. The van der Waals surface area contributed by atoms with Gasteiger partial charge in [-0.1, -0.05) is 6.07 Å². The molecule has 0 saturated carbocycles. The van der Waals surface area contributed by atoms with Gasteiger partial charge in [-0.3, -0.25) is 10.1 Å². The number of benzene rings is 1. The molecule has 0 atom stereocenters. The quantitative estimate of drug-likeness (QED) is 0.349. The summed E-state index contributed by atoms with van der Waals surface area (Å²) in [4.78, 5) is 9.51. The van der Waals surface area contributed by atoms with Crippen LogP contribution in [-0.4, -0.2) is 12.0 Å². The Morgan fingerprint density at radius 1 is 1.57 bits per heavy atom. The van der Waals surface area contributed by atoms with E-state index in [0.29, 0.717) is 0 Å². The maximum Gasteiger partial charge on any atom is 2.00 e. The number of nitro benzene ring substituents is 1. The molecule has 0 amide bonds. The van der Waals surface area contributed by atoms with Gasteiger partial charge in [0.15, 0.2) is 0 Å². The molecule has 1 aromatic carbocycles. The van der Waals surface area contributed by atoms with Gasteiger partial charge in [0.25, 0.3) is 0 Å². The predicted octanol–water partition coefficient (Wildman–Crippen LogP) is 1.99. The van der Waals surface area contributed by atoms with Crippen LogP contribution in [0, 0.1) is 29.4 Å². The van der Waals surface area contributed by atoms with Crippen LogP contribution in [0.15, 0.2) is 12.1 Å². The molecular formula is C8H8FNO3Zn. The zero-order valence-electron chi connectivity index (χ0n) is 7.91. The fourth-order valence-electron chi connectivity index (χ4n) is 0.744. The molecule has 0 aliphatic carbocycles. The molecule has 0 heterocycles. The average Bonchev–Trinajstić information content (AvgIpc) is 2.04. The molecule has 1 rings (SSSR count). The third kappa shape index (κ3) is 3.38. The average molecular weight is 251 g/mol. The first-order valence-electron chi connectivity index (χ1n) is 3.05. The van der Waals surface area contributed by atoms with E-state index in [1.54, 1.807) is 0 Å². The summed E-state index contributed by atoms with van der Waals surface area (Å²) in [6.45, 7) is 0. The molecular weight excluding hydrogens is 242 g/mol. The van der Waals surface area contributed by atoms with Gasteiger partial charge in [0.1, 0.15) is 0 Å². The van der Waals surface area contributed by atoms with E-state index in [4.69, 9.17) is 0 Å². The van der Waals surface area contributed by atoms with Crippen molar-refractivity contribution >= 4 is 5.69 Å². The summed E-state index contributed by atoms with van der Waals surface area (Å²) in [5.41, 5.74) is -0.488. The zero-order valence-corrected chi connectivity index (χ0v) is 10.9. The van der Waals surface area contributed by atoms with Gasteiger partial charge in [-0.05, 0) is 0 Å². The van der Waals surface area contributed by atoms with Crippen molar-refractivity contribution in [2.24, 2.45) is 0 Å². The van der Waals surface area contributed by atoms with Crippen molar-refractivity contribution in [2.45, 2.75) is 0 Å². The van der Waals surface area contributed by atoms with E-state index in [9.17, 15) is 14.5 Å². The van der Waals surface area contributed by atoms with Crippen LogP contribution in [-0.2, 0) is 19.5 Å². The minimum atomic E-state index is -0.775. The summed E-state index contributed by atoms with van der Waals surface area (Å²) >= 11 is 0. The number of nitrogens with zero attached hydrogens (tertiary/aromatic N) is 1. The van der Waals surface area contributed by atoms with Gasteiger partial charge in [-0.2, -0.15) is 0 Å². The number of ether oxygens (including phenoxy) is 1. The van der Waals surface area contributed by atoms with Crippen molar-refractivity contribution in [3.05, 3.63) is 41.6 Å². The van der Waals surface area contributed by atoms with Crippen LogP contribution in [0.1, 0.15) is 0 Å². The molecule has 0 bridgehead atoms. The fourth-order valence-corrected chi connectivity index (χ4v) is 0.744. The molecule has 0 N–H and O–H groups in total. The molecule has 0 aliphatic rings. The second-order valence-corrected chi connectivity index (χ2v) is 1.98. The number of methoxy groups -OCH3 is 1. The molecule has 0 fully saturated rings. The van der Waals surface area contributed by atoms with Crippen LogP contribution >= 0.6 is 0 Å². The van der Waals surface area contributed by atoms with Gasteiger partial charge in [0, 0.05) is 10.7 Å². The first-order valence-corrected chi connectivity index (χ1v) is 3.05. The van der Waals surface area contributed by atoms with Crippen molar-refractivity contribution in [2.75, 3.05) is 7.11 Å². The molecule has 0 aromatic heterocycles. The molecule has 6 heteroatoms. The van der Waals surface area contributed by atoms with Gasteiger partial charge in [0.05, 0.1) is 12.9 Å². The molecule has 14 heavy (non-hydrogen) atoms. The largest absolute Gasteiger partial charge is 2.00 e. The number of halogens is 1. The number of hydrogen-bond donors (Lipinski definition) is 0. The standard InChI is InChI=1S/C7H5FNO3.CH3.Zn/c1-12-7-3-2-5(8)4-6(7)9(10)11;;/h2-3H,1H3;1H3;/q2*-1;+2. The van der Waals surface area contributed by atoms with Gasteiger partial charge >= 0.3 is 19.5 Å². The van der Waals surface area contributed by atoms with E-state index in [0.717, 1.165) is 6.07 Å². The molecule has 0 unspecified atom stereocenters. The van der Waals surface area contributed by atoms with E-state index >= 15 is 0 Å². The summed E-state index contributed by atoms with van der Waals surface area (Å²) in [5, 5.41) is 10.3. The van der Waals surface area contributed by atoms with Crippen LogP contribution in [0.4, 0.5) is 10.1 Å². The van der Waals surface area contributed by atoms with Gasteiger partial charge in [0.2, 0.25) is 5.69 Å². The second-order valence-electron chi connectivity index (χ2n) is 1.98. The van der Waals surface area contributed by atoms with Crippen LogP contribution < -0.4 is 4.74 Å². The molecule has 4 nitrogen and oxygen atoms in total. The molecule has 72 valence electrons. The van der Waals surface area contributed by atoms with Crippen LogP contribution in [0.3, 0.4) is 0 Å².